The molecule has 6 nitrogen and oxygen atoms in total. The second-order valence-corrected chi connectivity index (χ2v) is 7.99. The fraction of sp³-hybridized carbons (Fsp3) is 0.471. The summed E-state index contributed by atoms with van der Waals surface area (Å²) in [6.07, 6.45) is 3.36. The number of nitrogens with one attached hydrogen (secondary N) is 1. The van der Waals surface area contributed by atoms with Gasteiger partial charge in [0.05, 0.1) is 6.04 Å². The molecule has 0 spiro atoms. The first-order valence-electron chi connectivity index (χ1n) is 8.53. The van der Waals surface area contributed by atoms with E-state index < -0.39 is 0 Å². The van der Waals surface area contributed by atoms with Crippen molar-refractivity contribution in [3.63, 3.8) is 0 Å². The van der Waals surface area contributed by atoms with Crippen LogP contribution in [0.25, 0.3) is 0 Å². The minimum Gasteiger partial charge on any atom is -0.342 e. The van der Waals surface area contributed by atoms with Crippen molar-refractivity contribution in [3.05, 3.63) is 40.7 Å². The standard InChI is InChI=1S/C17H20ClN5OS/c1-11-19-20-17-23(11)21-14(12-5-7-13(18)8-6-12)15(25-17)16(24)22-9-3-2-4-10-22/h5-8,14-15,21H,2-4,9-10H2,1H3/t14-,15+/m0/s1. The van der Waals surface area contributed by atoms with Crippen molar-refractivity contribution in [2.45, 2.75) is 42.6 Å². The van der Waals surface area contributed by atoms with E-state index in [0.29, 0.717) is 5.02 Å². The molecule has 4 rings (SSSR count). The number of amides is 1. The number of benzene rings is 1. The van der Waals surface area contributed by atoms with Gasteiger partial charge >= 0.3 is 0 Å². The van der Waals surface area contributed by atoms with Gasteiger partial charge in [0.1, 0.15) is 11.1 Å². The van der Waals surface area contributed by atoms with Crippen molar-refractivity contribution in [3.8, 4) is 0 Å². The monoisotopic (exact) mass is 377 g/mol. The van der Waals surface area contributed by atoms with Crippen molar-refractivity contribution in [2.24, 2.45) is 0 Å². The highest BCUT2D eigenvalue weighted by Crippen LogP contribution is 2.38. The molecule has 1 amide bonds. The topological polar surface area (TPSA) is 63.1 Å². The lowest BCUT2D eigenvalue weighted by molar-refractivity contribution is -0.131. The Morgan fingerprint density at radius 3 is 2.64 bits per heavy atom. The van der Waals surface area contributed by atoms with Crippen LogP contribution in [-0.4, -0.2) is 44.0 Å². The third-order valence-corrected chi connectivity index (χ3v) is 6.19. The number of aryl methyl sites for hydroxylation is 1. The smallest absolute Gasteiger partial charge is 0.238 e. The SMILES string of the molecule is Cc1nnc2n1N[C@@H](c1ccc(Cl)cc1)[C@H](C(=O)N1CCCCC1)S2. The molecule has 1 aromatic heterocycles. The Hall–Kier alpha value is -1.73. The summed E-state index contributed by atoms with van der Waals surface area (Å²) < 4.78 is 1.87. The summed E-state index contributed by atoms with van der Waals surface area (Å²) in [5.74, 6) is 0.953. The van der Waals surface area contributed by atoms with E-state index in [4.69, 9.17) is 11.6 Å². The maximum absolute atomic E-state index is 13.2. The van der Waals surface area contributed by atoms with Gasteiger partial charge in [-0.05, 0) is 43.9 Å². The minimum absolute atomic E-state index is 0.154. The number of nitrogens with zero attached hydrogens (tertiary/aromatic N) is 4. The lowest BCUT2D eigenvalue weighted by atomic mass is 10.0. The third kappa shape index (κ3) is 3.22. The minimum atomic E-state index is -0.268. The average molecular weight is 378 g/mol. The van der Waals surface area contributed by atoms with Crippen molar-refractivity contribution < 1.29 is 4.79 Å². The van der Waals surface area contributed by atoms with Crippen molar-refractivity contribution in [2.75, 3.05) is 18.5 Å². The molecule has 25 heavy (non-hydrogen) atoms. The summed E-state index contributed by atoms with van der Waals surface area (Å²) in [5.41, 5.74) is 4.46. The van der Waals surface area contributed by atoms with Crippen LogP contribution < -0.4 is 5.43 Å². The molecule has 8 heteroatoms. The Morgan fingerprint density at radius 2 is 1.92 bits per heavy atom. The van der Waals surface area contributed by atoms with Crippen LogP contribution in [0.3, 0.4) is 0 Å². The summed E-state index contributed by atoms with van der Waals surface area (Å²) in [5, 5.41) is 9.48. The van der Waals surface area contributed by atoms with Crippen LogP contribution in [0.2, 0.25) is 5.02 Å². The number of hydrogen-bond acceptors (Lipinski definition) is 5. The highest BCUT2D eigenvalue weighted by atomic mass is 35.5. The molecule has 3 heterocycles. The lowest BCUT2D eigenvalue weighted by Gasteiger charge is -2.37. The zero-order valence-electron chi connectivity index (χ0n) is 14.0. The Morgan fingerprint density at radius 1 is 1.20 bits per heavy atom. The van der Waals surface area contributed by atoms with Crippen LogP contribution in [0.15, 0.2) is 29.4 Å². The van der Waals surface area contributed by atoms with Crippen molar-refractivity contribution >= 4 is 29.3 Å². The fourth-order valence-corrected chi connectivity index (χ4v) is 4.70. The van der Waals surface area contributed by atoms with Crippen LogP contribution in [-0.2, 0) is 4.79 Å². The molecule has 1 aromatic carbocycles. The third-order valence-electron chi connectivity index (χ3n) is 4.74. The lowest BCUT2D eigenvalue weighted by Crippen LogP contribution is -2.47. The Kier molecular flexibility index (Phi) is 4.60. The average Bonchev–Trinajstić information content (AvgIpc) is 3.02. The number of rotatable bonds is 2. The first kappa shape index (κ1) is 16.7. The van der Waals surface area contributed by atoms with Gasteiger partial charge in [-0.3, -0.25) is 4.79 Å². The fourth-order valence-electron chi connectivity index (χ4n) is 3.36. The molecule has 2 aromatic rings. The predicted octanol–water partition coefficient (Wildman–Crippen LogP) is 3.01. The van der Waals surface area contributed by atoms with Crippen molar-refractivity contribution in [1.82, 2.24) is 19.8 Å². The number of likely N-dealkylation sites (tertiary alicyclic amines) is 1. The molecule has 1 N–H and O–H groups in total. The van der Waals surface area contributed by atoms with E-state index in [1.165, 1.54) is 18.2 Å². The van der Waals surface area contributed by atoms with E-state index in [9.17, 15) is 4.79 Å². The molecule has 0 saturated carbocycles. The molecule has 2 atom stereocenters. The molecule has 0 aliphatic carbocycles. The summed E-state index contributed by atoms with van der Waals surface area (Å²) in [7, 11) is 0. The number of halogens is 1. The molecular formula is C17H20ClN5OS. The zero-order valence-corrected chi connectivity index (χ0v) is 15.6. The number of carbonyl (C=O) groups excluding carboxylic acids is 1. The largest absolute Gasteiger partial charge is 0.342 e. The summed E-state index contributed by atoms with van der Waals surface area (Å²) >= 11 is 7.52. The summed E-state index contributed by atoms with van der Waals surface area (Å²) in [6.45, 7) is 3.58. The van der Waals surface area contributed by atoms with E-state index in [2.05, 4.69) is 15.6 Å². The summed E-state index contributed by atoms with van der Waals surface area (Å²) in [4.78, 5) is 15.2. The second kappa shape index (κ2) is 6.88. The van der Waals surface area contributed by atoms with Crippen LogP contribution in [0.5, 0.6) is 0 Å². The van der Waals surface area contributed by atoms with Gasteiger partial charge in [0.25, 0.3) is 0 Å². The Bertz CT molecular complexity index is 772. The van der Waals surface area contributed by atoms with Gasteiger partial charge in [-0.2, -0.15) is 0 Å². The quantitative estimate of drug-likeness (QED) is 0.871. The number of fused-ring (bicyclic) bond motifs is 1. The first-order valence-corrected chi connectivity index (χ1v) is 9.79. The number of aromatic nitrogens is 3. The molecule has 132 valence electrons. The maximum atomic E-state index is 13.2. The normalized spacial score (nSPS) is 23.0. The number of piperidine rings is 1. The van der Waals surface area contributed by atoms with E-state index >= 15 is 0 Å². The van der Waals surface area contributed by atoms with Gasteiger partial charge in [0, 0.05) is 18.1 Å². The van der Waals surface area contributed by atoms with Crippen LogP contribution in [0, 0.1) is 6.92 Å². The highest BCUT2D eigenvalue weighted by molar-refractivity contribution is 8.00. The van der Waals surface area contributed by atoms with Crippen molar-refractivity contribution in [1.29, 1.82) is 0 Å². The Balaban J connectivity index is 1.68. The van der Waals surface area contributed by atoms with Crippen LogP contribution in [0.1, 0.15) is 36.7 Å². The first-order chi connectivity index (χ1) is 12.1. The van der Waals surface area contributed by atoms with E-state index in [1.807, 2.05) is 40.8 Å². The predicted molar refractivity (Wildman–Crippen MR) is 98.4 cm³/mol. The second-order valence-electron chi connectivity index (χ2n) is 6.45. The molecule has 0 bridgehead atoms. The van der Waals surface area contributed by atoms with Gasteiger partial charge in [0.15, 0.2) is 0 Å². The van der Waals surface area contributed by atoms with Gasteiger partial charge < -0.3 is 10.3 Å². The van der Waals surface area contributed by atoms with Gasteiger partial charge in [-0.1, -0.05) is 35.5 Å². The molecule has 2 aliphatic rings. The molecular weight excluding hydrogens is 358 g/mol. The maximum Gasteiger partial charge on any atom is 0.238 e. The highest BCUT2D eigenvalue weighted by Gasteiger charge is 2.39. The molecule has 1 saturated heterocycles. The molecule has 0 radical (unpaired) electrons. The molecule has 2 aliphatic heterocycles. The Labute approximate surface area is 155 Å². The number of carbonyl (C=O) groups is 1. The van der Waals surface area contributed by atoms with Crippen LogP contribution in [0.4, 0.5) is 0 Å². The number of hydrogen-bond donors (Lipinski definition) is 1. The van der Waals surface area contributed by atoms with Crippen LogP contribution >= 0.6 is 23.4 Å². The zero-order chi connectivity index (χ0) is 17.4. The molecule has 1 fully saturated rings. The van der Waals surface area contributed by atoms with Gasteiger partial charge in [-0.15, -0.1) is 10.2 Å². The van der Waals surface area contributed by atoms with Gasteiger partial charge in [0.2, 0.25) is 11.1 Å². The van der Waals surface area contributed by atoms with E-state index in [-0.39, 0.29) is 17.2 Å². The molecule has 0 unspecified atom stereocenters. The summed E-state index contributed by atoms with van der Waals surface area (Å²) in [6, 6.07) is 7.52. The van der Waals surface area contributed by atoms with Gasteiger partial charge in [-0.25, -0.2) is 4.68 Å². The van der Waals surface area contributed by atoms with E-state index in [1.54, 1.807) is 0 Å². The number of thioether (sulfide) groups is 1. The van der Waals surface area contributed by atoms with E-state index in [0.717, 1.165) is 42.5 Å².